The largest absolute Gasteiger partial charge is 0.455 e. The Balaban J connectivity index is 1.13. The van der Waals surface area contributed by atoms with Crippen LogP contribution < -0.4 is 0 Å². The Bertz CT molecular complexity index is 2800. The van der Waals surface area contributed by atoms with Crippen LogP contribution in [0.25, 0.3) is 100 Å². The Kier molecular flexibility index (Phi) is 6.42. The highest BCUT2D eigenvalue weighted by Crippen LogP contribution is 2.43. The summed E-state index contributed by atoms with van der Waals surface area (Å²) in [7, 11) is 0. The molecule has 0 aliphatic carbocycles. The number of fused-ring (bicyclic) bond motifs is 6. The van der Waals surface area contributed by atoms with Gasteiger partial charge in [-0.1, -0.05) is 152 Å². The molecule has 0 aliphatic rings. The second-order valence-electron chi connectivity index (χ2n) is 12.4. The summed E-state index contributed by atoms with van der Waals surface area (Å²) in [5, 5.41) is 4.22. The first-order valence-corrected chi connectivity index (χ1v) is 16.6. The molecule has 5 heteroatoms. The second-order valence-corrected chi connectivity index (χ2v) is 12.4. The van der Waals surface area contributed by atoms with Gasteiger partial charge >= 0.3 is 0 Å². The van der Waals surface area contributed by atoms with Crippen LogP contribution in [-0.4, -0.2) is 15.0 Å². The lowest BCUT2D eigenvalue weighted by molar-refractivity contribution is 0.665. The molecule has 0 atom stereocenters. The Morgan fingerprint density at radius 2 is 0.740 bits per heavy atom. The van der Waals surface area contributed by atoms with E-state index >= 15 is 0 Å². The Morgan fingerprint density at radius 3 is 1.30 bits per heavy atom. The van der Waals surface area contributed by atoms with E-state index in [0.29, 0.717) is 17.5 Å². The van der Waals surface area contributed by atoms with Gasteiger partial charge in [-0.3, -0.25) is 0 Å². The van der Waals surface area contributed by atoms with E-state index in [2.05, 4.69) is 91.0 Å². The summed E-state index contributed by atoms with van der Waals surface area (Å²) in [5.74, 6) is 1.83. The van der Waals surface area contributed by atoms with Crippen molar-refractivity contribution in [2.24, 2.45) is 0 Å². The lowest BCUT2D eigenvalue weighted by atomic mass is 9.99. The first-order valence-electron chi connectivity index (χ1n) is 16.6. The van der Waals surface area contributed by atoms with Crippen molar-refractivity contribution in [2.45, 2.75) is 0 Å². The van der Waals surface area contributed by atoms with Crippen molar-refractivity contribution in [1.82, 2.24) is 15.0 Å². The predicted octanol–water partition coefficient (Wildman–Crippen LogP) is 12.0. The molecule has 3 heterocycles. The van der Waals surface area contributed by atoms with Gasteiger partial charge in [0.1, 0.15) is 22.3 Å². The number of hydrogen-bond donors (Lipinski definition) is 0. The molecular weight excluding hydrogens is 615 g/mol. The van der Waals surface area contributed by atoms with Gasteiger partial charge in [0.25, 0.3) is 0 Å². The zero-order valence-electron chi connectivity index (χ0n) is 26.7. The highest BCUT2D eigenvalue weighted by molar-refractivity contribution is 6.16. The standard InChI is InChI=1S/C45H27N3O2/c1-4-13-28(14-5-1)32-19-10-21-35-37-23-12-24-38(42(37)50-40(32)35)36-22-11-20-34-33-26-25-31(27-39(33)49-41(34)36)45-47-43(29-15-6-2-7-16-29)46-44(48-45)30-17-8-3-9-18-30/h1-27H. The number of nitrogens with zero attached hydrogens (tertiary/aromatic N) is 3. The van der Waals surface area contributed by atoms with Crippen LogP contribution in [0.15, 0.2) is 173 Å². The maximum Gasteiger partial charge on any atom is 0.164 e. The van der Waals surface area contributed by atoms with E-state index < -0.39 is 0 Å². The molecule has 0 saturated carbocycles. The van der Waals surface area contributed by atoms with E-state index in [-0.39, 0.29) is 0 Å². The maximum atomic E-state index is 6.75. The van der Waals surface area contributed by atoms with E-state index in [1.807, 2.05) is 72.8 Å². The van der Waals surface area contributed by atoms with Gasteiger partial charge in [0.2, 0.25) is 0 Å². The molecule has 0 amide bonds. The molecule has 0 N–H and O–H groups in total. The molecular formula is C45H27N3O2. The van der Waals surface area contributed by atoms with E-state index in [1.54, 1.807) is 0 Å². The zero-order valence-corrected chi connectivity index (χ0v) is 26.7. The molecule has 0 radical (unpaired) electrons. The Labute approximate surface area is 287 Å². The van der Waals surface area contributed by atoms with Crippen molar-refractivity contribution >= 4 is 43.9 Å². The van der Waals surface area contributed by atoms with Crippen molar-refractivity contribution in [2.75, 3.05) is 0 Å². The van der Waals surface area contributed by atoms with Crippen LogP contribution in [0.2, 0.25) is 0 Å². The van der Waals surface area contributed by atoms with E-state index in [1.165, 1.54) is 0 Å². The summed E-state index contributed by atoms with van der Waals surface area (Å²) in [6, 6.07) is 55.6. The van der Waals surface area contributed by atoms with Gasteiger partial charge in [-0.2, -0.15) is 0 Å². The number of para-hydroxylation sites is 3. The Morgan fingerprint density at radius 1 is 0.300 bits per heavy atom. The smallest absolute Gasteiger partial charge is 0.164 e. The molecule has 0 aliphatic heterocycles. The first-order chi connectivity index (χ1) is 24.8. The molecule has 0 fully saturated rings. The minimum absolute atomic E-state index is 0.585. The van der Waals surface area contributed by atoms with Crippen LogP contribution in [0.4, 0.5) is 0 Å². The average Bonchev–Trinajstić information content (AvgIpc) is 3.77. The van der Waals surface area contributed by atoms with Crippen LogP contribution >= 0.6 is 0 Å². The van der Waals surface area contributed by atoms with Crippen molar-refractivity contribution in [3.05, 3.63) is 164 Å². The second kappa shape index (κ2) is 11.4. The summed E-state index contributed by atoms with van der Waals surface area (Å²) in [6.45, 7) is 0. The summed E-state index contributed by atoms with van der Waals surface area (Å²) in [4.78, 5) is 14.7. The fourth-order valence-corrected chi connectivity index (χ4v) is 6.96. The molecule has 7 aromatic carbocycles. The molecule has 0 saturated heterocycles. The van der Waals surface area contributed by atoms with Crippen LogP contribution in [0.5, 0.6) is 0 Å². The number of rotatable bonds is 5. The zero-order chi connectivity index (χ0) is 33.0. The van der Waals surface area contributed by atoms with Crippen molar-refractivity contribution in [3.63, 3.8) is 0 Å². The molecule has 0 unspecified atom stereocenters. The van der Waals surface area contributed by atoms with Gasteiger partial charge in [-0.25, -0.2) is 15.0 Å². The van der Waals surface area contributed by atoms with Gasteiger partial charge in [-0.15, -0.1) is 0 Å². The monoisotopic (exact) mass is 641 g/mol. The number of benzene rings is 7. The molecule has 50 heavy (non-hydrogen) atoms. The third kappa shape index (κ3) is 4.60. The lowest BCUT2D eigenvalue weighted by Gasteiger charge is -2.08. The fourth-order valence-electron chi connectivity index (χ4n) is 6.96. The third-order valence-corrected chi connectivity index (χ3v) is 9.36. The van der Waals surface area contributed by atoms with Gasteiger partial charge in [0.05, 0.1) is 0 Å². The molecule has 10 aromatic rings. The normalized spacial score (nSPS) is 11.6. The Hall–Kier alpha value is -6.85. The van der Waals surface area contributed by atoms with Crippen molar-refractivity contribution < 1.29 is 8.83 Å². The van der Waals surface area contributed by atoms with E-state index in [4.69, 9.17) is 23.8 Å². The van der Waals surface area contributed by atoms with Crippen LogP contribution in [0.3, 0.4) is 0 Å². The van der Waals surface area contributed by atoms with Crippen molar-refractivity contribution in [1.29, 1.82) is 0 Å². The molecule has 0 spiro atoms. The maximum absolute atomic E-state index is 6.75. The summed E-state index contributed by atoms with van der Waals surface area (Å²) < 4.78 is 13.5. The quantitative estimate of drug-likeness (QED) is 0.187. The lowest BCUT2D eigenvalue weighted by Crippen LogP contribution is -2.00. The third-order valence-electron chi connectivity index (χ3n) is 9.36. The van der Waals surface area contributed by atoms with Gasteiger partial charge < -0.3 is 8.83 Å². The highest BCUT2D eigenvalue weighted by atomic mass is 16.3. The summed E-state index contributed by atoms with van der Waals surface area (Å²) in [6.07, 6.45) is 0. The molecule has 234 valence electrons. The summed E-state index contributed by atoms with van der Waals surface area (Å²) in [5.41, 5.74) is 10.2. The fraction of sp³-hybridized carbons (Fsp3) is 0. The SMILES string of the molecule is c1ccc(-c2nc(-c3ccccc3)nc(-c3ccc4c(c3)oc3c(-c5cccc6c5oc5c(-c7ccccc7)cccc56)cccc34)n2)cc1. The van der Waals surface area contributed by atoms with Crippen molar-refractivity contribution in [3.8, 4) is 56.4 Å². The van der Waals surface area contributed by atoms with Crippen LogP contribution in [-0.2, 0) is 0 Å². The molecule has 10 rings (SSSR count). The highest BCUT2D eigenvalue weighted by Gasteiger charge is 2.20. The topological polar surface area (TPSA) is 65.0 Å². The number of furan rings is 2. The van der Waals surface area contributed by atoms with E-state index in [0.717, 1.165) is 82.8 Å². The summed E-state index contributed by atoms with van der Waals surface area (Å²) >= 11 is 0. The number of hydrogen-bond acceptors (Lipinski definition) is 5. The predicted molar refractivity (Wildman–Crippen MR) is 202 cm³/mol. The molecule has 0 bridgehead atoms. The molecule has 5 nitrogen and oxygen atoms in total. The van der Waals surface area contributed by atoms with Gasteiger partial charge in [0.15, 0.2) is 17.5 Å². The number of aromatic nitrogens is 3. The first kappa shape index (κ1) is 28.2. The van der Waals surface area contributed by atoms with Crippen LogP contribution in [0, 0.1) is 0 Å². The van der Waals surface area contributed by atoms with Gasteiger partial charge in [-0.05, 0) is 17.7 Å². The van der Waals surface area contributed by atoms with Crippen LogP contribution in [0.1, 0.15) is 0 Å². The van der Waals surface area contributed by atoms with Gasteiger partial charge in [0, 0.05) is 54.9 Å². The minimum Gasteiger partial charge on any atom is -0.455 e. The average molecular weight is 642 g/mol. The minimum atomic E-state index is 0.585. The molecule has 3 aromatic heterocycles. The van der Waals surface area contributed by atoms with E-state index in [9.17, 15) is 0 Å².